The average Bonchev–Trinajstić information content (AvgIpc) is 2.77. The van der Waals surface area contributed by atoms with Crippen molar-refractivity contribution in [2.24, 2.45) is 0 Å². The first-order valence-corrected chi connectivity index (χ1v) is 10.7. The van der Waals surface area contributed by atoms with Crippen molar-refractivity contribution in [1.29, 1.82) is 0 Å². The Labute approximate surface area is 170 Å². The fourth-order valence-electron chi connectivity index (χ4n) is 3.04. The Morgan fingerprint density at radius 2 is 1.66 bits per heavy atom. The number of ether oxygens (including phenoxy) is 1. The summed E-state index contributed by atoms with van der Waals surface area (Å²) < 4.78 is 34.0. The molecule has 4 rings (SSSR count). The zero-order valence-corrected chi connectivity index (χ0v) is 16.5. The van der Waals surface area contributed by atoms with Gasteiger partial charge in [-0.05, 0) is 35.4 Å². The first-order chi connectivity index (χ1) is 14.1. The van der Waals surface area contributed by atoms with Crippen LogP contribution in [0.15, 0.2) is 96.0 Å². The van der Waals surface area contributed by atoms with Gasteiger partial charge in [-0.25, -0.2) is 13.1 Å². The van der Waals surface area contributed by atoms with Gasteiger partial charge in [0.1, 0.15) is 12.4 Å². The molecule has 0 atom stereocenters. The van der Waals surface area contributed by atoms with Crippen molar-refractivity contribution in [3.05, 3.63) is 102 Å². The molecule has 1 aromatic heterocycles. The van der Waals surface area contributed by atoms with Crippen LogP contribution >= 0.6 is 0 Å². The number of aromatic nitrogens is 1. The minimum absolute atomic E-state index is 0.168. The number of pyridine rings is 1. The molecule has 5 nitrogen and oxygen atoms in total. The molecule has 1 heterocycles. The summed E-state index contributed by atoms with van der Waals surface area (Å²) in [7, 11) is -3.68. The van der Waals surface area contributed by atoms with Crippen molar-refractivity contribution in [3.8, 4) is 5.75 Å². The van der Waals surface area contributed by atoms with E-state index in [2.05, 4.69) is 9.71 Å². The van der Waals surface area contributed by atoms with Crippen LogP contribution in [0.5, 0.6) is 5.75 Å². The van der Waals surface area contributed by atoms with Crippen LogP contribution in [-0.2, 0) is 23.2 Å². The first-order valence-electron chi connectivity index (χ1n) is 9.21. The fourth-order valence-corrected chi connectivity index (χ4v) is 4.08. The fraction of sp³-hybridized carbons (Fsp3) is 0.0870. The van der Waals surface area contributed by atoms with Gasteiger partial charge >= 0.3 is 0 Å². The number of para-hydroxylation sites is 1. The third-order valence-electron chi connectivity index (χ3n) is 4.56. The number of nitrogens with one attached hydrogen (secondary N) is 1. The van der Waals surface area contributed by atoms with Gasteiger partial charge in [0.15, 0.2) is 0 Å². The molecule has 0 unspecified atom stereocenters. The Morgan fingerprint density at radius 3 is 2.52 bits per heavy atom. The maximum atomic E-state index is 12.8. The predicted molar refractivity (Wildman–Crippen MR) is 113 cm³/mol. The Morgan fingerprint density at radius 1 is 0.862 bits per heavy atom. The minimum atomic E-state index is -3.68. The topological polar surface area (TPSA) is 68.3 Å². The van der Waals surface area contributed by atoms with Gasteiger partial charge in [0.2, 0.25) is 10.0 Å². The molecule has 0 fully saturated rings. The van der Waals surface area contributed by atoms with E-state index in [1.807, 2.05) is 60.7 Å². The smallest absolute Gasteiger partial charge is 0.241 e. The summed E-state index contributed by atoms with van der Waals surface area (Å²) >= 11 is 0. The van der Waals surface area contributed by atoms with Crippen molar-refractivity contribution >= 4 is 20.9 Å². The molecule has 0 spiro atoms. The molecule has 1 N–H and O–H groups in total. The monoisotopic (exact) mass is 404 g/mol. The molecule has 0 aliphatic heterocycles. The van der Waals surface area contributed by atoms with Crippen LogP contribution in [0.1, 0.15) is 11.1 Å². The first kappa shape index (κ1) is 19.1. The lowest BCUT2D eigenvalue weighted by atomic mass is 10.1. The lowest BCUT2D eigenvalue weighted by Gasteiger charge is -2.11. The number of fused-ring (bicyclic) bond motifs is 1. The molecule has 0 saturated heterocycles. The molecule has 0 bridgehead atoms. The molecule has 0 aliphatic rings. The third kappa shape index (κ3) is 4.62. The van der Waals surface area contributed by atoms with Gasteiger partial charge in [-0.1, -0.05) is 54.6 Å². The molecule has 4 aromatic rings. The quantitative estimate of drug-likeness (QED) is 0.499. The molecule has 0 aliphatic carbocycles. The van der Waals surface area contributed by atoms with Gasteiger partial charge in [0, 0.05) is 24.2 Å². The Kier molecular flexibility index (Phi) is 5.55. The summed E-state index contributed by atoms with van der Waals surface area (Å²) in [5, 5.41) is 0.928. The van der Waals surface area contributed by atoms with E-state index in [0.29, 0.717) is 12.4 Å². The lowest BCUT2D eigenvalue weighted by molar-refractivity contribution is 0.305. The SMILES string of the molecule is O=S(=O)(NCc1ccnc2ccccc12)c1cccc(OCc2ccccc2)c1. The lowest BCUT2D eigenvalue weighted by Crippen LogP contribution is -2.23. The largest absolute Gasteiger partial charge is 0.489 e. The van der Waals surface area contributed by atoms with Gasteiger partial charge in [-0.2, -0.15) is 0 Å². The Bertz CT molecular complexity index is 1220. The van der Waals surface area contributed by atoms with Crippen molar-refractivity contribution < 1.29 is 13.2 Å². The zero-order valence-electron chi connectivity index (χ0n) is 15.7. The number of rotatable bonds is 7. The van der Waals surface area contributed by atoms with Crippen LogP contribution in [0, 0.1) is 0 Å². The molecule has 146 valence electrons. The molecule has 3 aromatic carbocycles. The standard InChI is InChI=1S/C23H20N2O3S/c26-29(27,25-16-19-13-14-24-23-12-5-4-11-22(19)23)21-10-6-9-20(15-21)28-17-18-7-2-1-3-8-18/h1-15,25H,16-17H2. The van der Waals surface area contributed by atoms with Crippen LogP contribution < -0.4 is 9.46 Å². The maximum Gasteiger partial charge on any atom is 0.241 e. The highest BCUT2D eigenvalue weighted by molar-refractivity contribution is 7.89. The number of hydrogen-bond donors (Lipinski definition) is 1. The summed E-state index contributed by atoms with van der Waals surface area (Å²) in [4.78, 5) is 4.48. The van der Waals surface area contributed by atoms with Crippen molar-refractivity contribution in [2.75, 3.05) is 0 Å². The second kappa shape index (κ2) is 8.43. The zero-order chi connectivity index (χ0) is 20.1. The minimum Gasteiger partial charge on any atom is -0.489 e. The second-order valence-corrected chi connectivity index (χ2v) is 8.33. The number of sulfonamides is 1. The van der Waals surface area contributed by atoms with Crippen LogP contribution in [0.2, 0.25) is 0 Å². The van der Waals surface area contributed by atoms with Gasteiger partial charge in [-0.15, -0.1) is 0 Å². The summed E-state index contributed by atoms with van der Waals surface area (Å²) in [5.41, 5.74) is 2.72. The summed E-state index contributed by atoms with van der Waals surface area (Å²) in [5.74, 6) is 0.506. The molecular formula is C23H20N2O3S. The summed E-state index contributed by atoms with van der Waals surface area (Å²) in [6, 6.07) is 25.7. The van der Waals surface area contributed by atoms with Gasteiger partial charge in [0.05, 0.1) is 10.4 Å². The Hall–Kier alpha value is -3.22. The van der Waals surface area contributed by atoms with Crippen molar-refractivity contribution in [3.63, 3.8) is 0 Å². The van der Waals surface area contributed by atoms with Crippen LogP contribution in [0.3, 0.4) is 0 Å². The molecule has 6 heteroatoms. The van der Waals surface area contributed by atoms with E-state index in [0.717, 1.165) is 22.0 Å². The summed E-state index contributed by atoms with van der Waals surface area (Å²) in [6.07, 6.45) is 1.68. The number of hydrogen-bond acceptors (Lipinski definition) is 4. The van der Waals surface area contributed by atoms with Gasteiger partial charge in [-0.3, -0.25) is 4.98 Å². The van der Waals surface area contributed by atoms with Gasteiger partial charge in [0.25, 0.3) is 0 Å². The number of nitrogens with zero attached hydrogens (tertiary/aromatic N) is 1. The van der Waals surface area contributed by atoms with Crippen LogP contribution in [-0.4, -0.2) is 13.4 Å². The van der Waals surface area contributed by atoms with E-state index >= 15 is 0 Å². The molecule has 0 amide bonds. The van der Waals surface area contributed by atoms with Gasteiger partial charge < -0.3 is 4.74 Å². The number of benzene rings is 3. The maximum absolute atomic E-state index is 12.8. The van der Waals surface area contributed by atoms with Crippen molar-refractivity contribution in [1.82, 2.24) is 9.71 Å². The van der Waals surface area contributed by atoms with E-state index < -0.39 is 10.0 Å². The van der Waals surface area contributed by atoms with E-state index in [4.69, 9.17) is 4.74 Å². The Balaban J connectivity index is 1.48. The molecule has 0 radical (unpaired) electrons. The highest BCUT2D eigenvalue weighted by atomic mass is 32.2. The van der Waals surface area contributed by atoms with E-state index in [1.54, 1.807) is 24.4 Å². The second-order valence-electron chi connectivity index (χ2n) is 6.56. The highest BCUT2D eigenvalue weighted by Crippen LogP contribution is 2.20. The van der Waals surface area contributed by atoms with Crippen molar-refractivity contribution in [2.45, 2.75) is 18.0 Å². The highest BCUT2D eigenvalue weighted by Gasteiger charge is 2.15. The summed E-state index contributed by atoms with van der Waals surface area (Å²) in [6.45, 7) is 0.557. The van der Waals surface area contributed by atoms with E-state index in [-0.39, 0.29) is 11.4 Å². The third-order valence-corrected chi connectivity index (χ3v) is 5.96. The normalized spacial score (nSPS) is 11.4. The van der Waals surface area contributed by atoms with Crippen LogP contribution in [0.25, 0.3) is 10.9 Å². The van der Waals surface area contributed by atoms with E-state index in [9.17, 15) is 8.42 Å². The molecular weight excluding hydrogens is 384 g/mol. The van der Waals surface area contributed by atoms with E-state index in [1.165, 1.54) is 6.07 Å². The predicted octanol–water partition coefficient (Wildman–Crippen LogP) is 4.29. The van der Waals surface area contributed by atoms with Crippen LogP contribution in [0.4, 0.5) is 0 Å². The molecule has 29 heavy (non-hydrogen) atoms. The average molecular weight is 404 g/mol. The molecule has 0 saturated carbocycles.